The van der Waals surface area contributed by atoms with Gasteiger partial charge in [-0.05, 0) is 128 Å². The SMILES string of the molecule is CN(CCO)CCO.Cc1cc(S(=O)(=O)O)ccc1N/N=C1\C(=O)c2ccc(NC(=O)Nc3ccc4c(c3)C=C(S(=O)(=O)O)/C(=N/Nc3ccc(S(=O)(=O)O)cc3C)C4=O)cc2C=C1S(=O)(=O)O.[Na+]. The quantitative estimate of drug-likeness (QED) is 0.0456. The molecule has 24 nitrogen and oxygen atoms in total. The number of hydrogen-bond donors (Lipinski definition) is 10. The Morgan fingerprint density at radius 3 is 1.23 bits per heavy atom. The van der Waals surface area contributed by atoms with Gasteiger partial charge in [-0.2, -0.15) is 43.9 Å². The van der Waals surface area contributed by atoms with Gasteiger partial charge in [-0.25, -0.2) is 4.79 Å². The first-order chi connectivity index (χ1) is 31.6. The minimum atomic E-state index is -5.08. The number of carbonyl (C=O) groups excluding carboxylic acids is 3. The zero-order valence-corrected chi connectivity index (χ0v) is 41.8. The Hall–Kier alpha value is -5.57. The summed E-state index contributed by atoms with van der Waals surface area (Å²) in [5.74, 6) is -1.91. The first kappa shape index (κ1) is 56.0. The molecule has 4 aromatic carbocycles. The van der Waals surface area contributed by atoms with E-state index in [4.69, 9.17) is 10.2 Å². The van der Waals surface area contributed by atoms with E-state index < -0.39 is 89.1 Å². The van der Waals surface area contributed by atoms with Crippen molar-refractivity contribution in [2.24, 2.45) is 10.2 Å². The van der Waals surface area contributed by atoms with Crippen molar-refractivity contribution in [1.29, 1.82) is 0 Å². The Bertz CT molecular complexity index is 3110. The first-order valence-electron chi connectivity index (χ1n) is 19.2. The maximum Gasteiger partial charge on any atom is 1.00 e. The predicted octanol–water partition coefficient (Wildman–Crippen LogP) is 0.134. The van der Waals surface area contributed by atoms with Gasteiger partial charge in [0.15, 0.2) is 11.4 Å². The average Bonchev–Trinajstić information content (AvgIpc) is 3.22. The average molecular weight is 1040 g/mol. The molecule has 6 rings (SSSR count). The summed E-state index contributed by atoms with van der Waals surface area (Å²) in [6.45, 7) is 4.49. The van der Waals surface area contributed by atoms with E-state index in [1.54, 1.807) is 0 Å². The molecule has 10 N–H and O–H groups in total. The number of aryl methyl sites for hydroxylation is 2. The summed E-state index contributed by atoms with van der Waals surface area (Å²) < 4.78 is 134. The molecule has 0 spiro atoms. The van der Waals surface area contributed by atoms with Gasteiger partial charge in [0.2, 0.25) is 11.6 Å². The van der Waals surface area contributed by atoms with Crippen molar-refractivity contribution >= 4 is 104 Å². The number of aliphatic hydroxyl groups is 2. The minimum absolute atomic E-state index is 0. The number of ketones is 2. The molecule has 362 valence electrons. The minimum Gasteiger partial charge on any atom is -0.395 e. The number of anilines is 4. The third-order valence-corrected chi connectivity index (χ3v) is 13.1. The van der Waals surface area contributed by atoms with Crippen molar-refractivity contribution in [1.82, 2.24) is 4.90 Å². The standard InChI is InChI=1S/C35H28N6O15S4.C5H13NO2.Na/c1-17-11-23(57(45,46)47)5-9-27(17)38-40-31-29(59(51,52)53)15-19-13-21(3-7-25(19)33(31)42)36-35(44)37-22-4-8-26-20(14-22)16-30(60(54,55)56)32(34(26)43)41-39-28-10-6-24(12-18(28)2)58(48,49)50;1-6(2-4-7)3-5-8;/h3-16,38-39H,1-2H3,(H2,36,37,44)(H,45,46,47)(H,48,49,50)(H,51,52,53)(H,54,55,56);7-8H,2-5H2,1H3;/q;;+1/b40-31-,41-32-;;. The maximum absolute atomic E-state index is 13.4. The van der Waals surface area contributed by atoms with Crippen LogP contribution < -0.4 is 51.0 Å². The van der Waals surface area contributed by atoms with Gasteiger partial charge in [0, 0.05) is 35.6 Å². The number of aliphatic hydroxyl groups excluding tert-OH is 2. The summed E-state index contributed by atoms with van der Waals surface area (Å²) in [5, 5.41) is 29.3. The number of nitrogens with zero attached hydrogens (tertiary/aromatic N) is 3. The summed E-state index contributed by atoms with van der Waals surface area (Å²) in [6.07, 6.45) is 1.86. The van der Waals surface area contributed by atoms with Crippen LogP contribution in [0.4, 0.5) is 27.5 Å². The summed E-state index contributed by atoms with van der Waals surface area (Å²) in [4.78, 5) is 39.1. The molecule has 2 aliphatic carbocycles. The molecule has 69 heavy (non-hydrogen) atoms. The van der Waals surface area contributed by atoms with E-state index in [1.807, 2.05) is 11.9 Å². The zero-order chi connectivity index (χ0) is 50.5. The van der Waals surface area contributed by atoms with Crippen LogP contribution in [0.25, 0.3) is 12.2 Å². The molecule has 0 saturated heterocycles. The number of benzene rings is 4. The second-order valence-corrected chi connectivity index (χ2v) is 20.2. The molecular weight excluding hydrogens is 1000 g/mol. The van der Waals surface area contributed by atoms with Crippen LogP contribution in [-0.4, -0.2) is 129 Å². The van der Waals surface area contributed by atoms with Gasteiger partial charge in [0.25, 0.3) is 40.5 Å². The second kappa shape index (κ2) is 22.5. The van der Waals surface area contributed by atoms with Gasteiger partial charge in [-0.15, -0.1) is 0 Å². The zero-order valence-electron chi connectivity index (χ0n) is 36.6. The number of nitrogens with one attached hydrogen (secondary N) is 4. The number of hydrogen-bond acceptors (Lipinski definition) is 18. The molecule has 0 atom stereocenters. The smallest absolute Gasteiger partial charge is 0.395 e. The number of amides is 2. The Morgan fingerprint density at radius 2 is 0.928 bits per heavy atom. The first-order valence-corrected chi connectivity index (χ1v) is 25.0. The van der Waals surface area contributed by atoms with Crippen molar-refractivity contribution in [2.45, 2.75) is 23.6 Å². The van der Waals surface area contributed by atoms with Crippen molar-refractivity contribution in [3.8, 4) is 0 Å². The number of fused-ring (bicyclic) bond motifs is 2. The summed E-state index contributed by atoms with van der Waals surface area (Å²) in [5.41, 5.74) is 3.96. The van der Waals surface area contributed by atoms with E-state index >= 15 is 0 Å². The van der Waals surface area contributed by atoms with E-state index in [-0.39, 0.29) is 98.9 Å². The van der Waals surface area contributed by atoms with Crippen molar-refractivity contribution < 1.29 is 106 Å². The molecular formula is C40H41N7NaO17S4+. The van der Waals surface area contributed by atoms with Gasteiger partial charge in [0.05, 0.1) is 34.4 Å². The third-order valence-electron chi connectivity index (χ3n) is 9.67. The second-order valence-electron chi connectivity index (χ2n) is 14.6. The number of Topliss-reactive ketones (excluding diaryl/α,β-unsaturated/α-hetero) is 2. The van der Waals surface area contributed by atoms with Gasteiger partial charge in [-0.3, -0.25) is 38.7 Å². The Labute approximate surface area is 417 Å². The van der Waals surface area contributed by atoms with Crippen LogP contribution in [-0.2, 0) is 40.5 Å². The number of likely N-dealkylation sites (N-methyl/N-ethyl adjacent to an activating group) is 1. The molecule has 4 aromatic rings. The van der Waals surface area contributed by atoms with Crippen LogP contribution in [0.15, 0.2) is 103 Å². The predicted molar refractivity (Wildman–Crippen MR) is 249 cm³/mol. The van der Waals surface area contributed by atoms with E-state index in [0.29, 0.717) is 13.1 Å². The number of urea groups is 1. The fraction of sp³-hybridized carbons (Fsp3) is 0.175. The molecule has 2 amide bonds. The normalized spacial score (nSPS) is 14.9. The van der Waals surface area contributed by atoms with Crippen molar-refractivity contribution in [3.05, 3.63) is 116 Å². The molecule has 0 aromatic heterocycles. The molecule has 0 saturated carbocycles. The molecule has 0 bridgehead atoms. The van der Waals surface area contributed by atoms with Gasteiger partial charge >= 0.3 is 35.6 Å². The van der Waals surface area contributed by atoms with Crippen LogP contribution in [0.1, 0.15) is 43.0 Å². The Kier molecular flexibility index (Phi) is 18.2. The fourth-order valence-corrected chi connectivity index (χ4v) is 8.71. The van der Waals surface area contributed by atoms with E-state index in [9.17, 15) is 66.3 Å². The maximum atomic E-state index is 13.4. The fourth-order valence-electron chi connectivity index (χ4n) is 6.26. The van der Waals surface area contributed by atoms with Crippen molar-refractivity contribution in [2.75, 3.05) is 54.8 Å². The molecule has 0 fully saturated rings. The van der Waals surface area contributed by atoms with E-state index in [1.165, 1.54) is 62.4 Å². The van der Waals surface area contributed by atoms with Crippen LogP contribution >= 0.6 is 0 Å². The topological polar surface area (TPSA) is 385 Å². The molecule has 2 aliphatic rings. The number of carbonyl (C=O) groups is 3. The number of hydrazone groups is 2. The van der Waals surface area contributed by atoms with Gasteiger partial charge in [0.1, 0.15) is 9.81 Å². The Morgan fingerprint density at radius 1 is 0.565 bits per heavy atom. The molecule has 29 heteroatoms. The Balaban J connectivity index is 0.00000106. The largest absolute Gasteiger partial charge is 1.00 e. The number of allylic oxidation sites excluding steroid dienone is 2. The number of rotatable bonds is 14. The van der Waals surface area contributed by atoms with Gasteiger partial charge < -0.3 is 25.7 Å². The molecule has 0 aliphatic heterocycles. The van der Waals surface area contributed by atoms with Crippen LogP contribution in [0.2, 0.25) is 0 Å². The molecule has 0 heterocycles. The summed E-state index contributed by atoms with van der Waals surface area (Å²) in [6, 6.07) is 13.2. The summed E-state index contributed by atoms with van der Waals surface area (Å²) >= 11 is 0. The molecule has 0 radical (unpaired) electrons. The van der Waals surface area contributed by atoms with Crippen LogP contribution in [0.5, 0.6) is 0 Å². The van der Waals surface area contributed by atoms with Crippen molar-refractivity contribution in [3.63, 3.8) is 0 Å². The summed E-state index contributed by atoms with van der Waals surface area (Å²) in [7, 11) is -17.4. The van der Waals surface area contributed by atoms with E-state index in [2.05, 4.69) is 31.7 Å². The third kappa shape index (κ3) is 14.3. The van der Waals surface area contributed by atoms with Crippen LogP contribution in [0.3, 0.4) is 0 Å². The van der Waals surface area contributed by atoms with Gasteiger partial charge in [-0.1, -0.05) is 0 Å². The van der Waals surface area contributed by atoms with Crippen LogP contribution in [0, 0.1) is 13.8 Å². The monoisotopic (exact) mass is 1040 g/mol. The molecule has 0 unspecified atom stereocenters. The van der Waals surface area contributed by atoms with E-state index in [0.717, 1.165) is 36.4 Å².